The average molecular weight is 502 g/mol. The van der Waals surface area contributed by atoms with Crippen LogP contribution < -0.4 is 16.8 Å². The van der Waals surface area contributed by atoms with Crippen molar-refractivity contribution in [3.63, 3.8) is 0 Å². The van der Waals surface area contributed by atoms with E-state index in [9.17, 15) is 14.8 Å². The molecule has 0 saturated carbocycles. The number of phosphoric ester groups is 1. The number of halogens is 1. The molecule has 3 heterocycles. The molecule has 1 aliphatic rings. The van der Waals surface area contributed by atoms with E-state index >= 15 is 0 Å². The molecule has 14 nitrogen and oxygen atoms in total. The third-order valence-electron chi connectivity index (χ3n) is 5.09. The molecule has 0 unspecified atom stereocenters. The first kappa shape index (κ1) is 23.6. The van der Waals surface area contributed by atoms with Crippen molar-refractivity contribution < 1.29 is 33.8 Å². The van der Waals surface area contributed by atoms with E-state index in [0.29, 0.717) is 33.3 Å². The molecule has 0 amide bonds. The maximum Gasteiger partial charge on any atom is 0.469 e. The van der Waals surface area contributed by atoms with Gasteiger partial charge in [0.15, 0.2) is 23.2 Å². The van der Waals surface area contributed by atoms with Crippen LogP contribution >= 0.6 is 19.4 Å². The number of nitrogens with one attached hydrogen (secondary N) is 1. The SMILES string of the molecule is Nc1cc(Cl)cc(N)c1CNc1ncnc2c1ncn2[C@@H]1O[C@H](COP(=O)(O)O)[C@@H](O)[C@H]1O. The van der Waals surface area contributed by atoms with Gasteiger partial charge in [-0.15, -0.1) is 0 Å². The van der Waals surface area contributed by atoms with Gasteiger partial charge in [0, 0.05) is 28.5 Å². The monoisotopic (exact) mass is 501 g/mol. The summed E-state index contributed by atoms with van der Waals surface area (Å²) in [5.41, 5.74) is 14.0. The van der Waals surface area contributed by atoms with E-state index in [1.807, 2.05) is 0 Å². The van der Waals surface area contributed by atoms with Crippen LogP contribution in [0.5, 0.6) is 0 Å². The third-order valence-corrected chi connectivity index (χ3v) is 5.80. The number of aliphatic hydroxyl groups excluding tert-OH is 2. The van der Waals surface area contributed by atoms with Gasteiger partial charge < -0.3 is 41.5 Å². The van der Waals surface area contributed by atoms with Gasteiger partial charge >= 0.3 is 7.82 Å². The molecule has 3 aromatic rings. The minimum Gasteiger partial charge on any atom is -0.398 e. The van der Waals surface area contributed by atoms with Crippen LogP contribution in [0.4, 0.5) is 17.2 Å². The second-order valence-corrected chi connectivity index (χ2v) is 8.97. The highest BCUT2D eigenvalue weighted by Gasteiger charge is 2.45. The van der Waals surface area contributed by atoms with Gasteiger partial charge in [0.2, 0.25) is 0 Å². The summed E-state index contributed by atoms with van der Waals surface area (Å²) in [7, 11) is -4.78. The Morgan fingerprint density at radius 1 is 1.18 bits per heavy atom. The van der Waals surface area contributed by atoms with Crippen LogP contribution in [0.3, 0.4) is 0 Å². The fourth-order valence-electron chi connectivity index (χ4n) is 3.49. The molecule has 1 aromatic carbocycles. The van der Waals surface area contributed by atoms with E-state index in [4.69, 9.17) is 37.6 Å². The van der Waals surface area contributed by atoms with Gasteiger partial charge in [-0.2, -0.15) is 0 Å². The molecule has 2 aromatic heterocycles. The summed E-state index contributed by atoms with van der Waals surface area (Å²) in [5, 5.41) is 24.1. The highest BCUT2D eigenvalue weighted by Crippen LogP contribution is 2.39. The number of aliphatic hydroxyl groups is 2. The number of nitrogens with zero attached hydrogens (tertiary/aromatic N) is 4. The van der Waals surface area contributed by atoms with Crippen molar-refractivity contribution in [2.75, 3.05) is 23.4 Å². The number of imidazole rings is 1. The van der Waals surface area contributed by atoms with Crippen molar-refractivity contribution in [3.8, 4) is 0 Å². The Labute approximate surface area is 191 Å². The zero-order valence-corrected chi connectivity index (χ0v) is 18.5. The Balaban J connectivity index is 1.56. The molecule has 178 valence electrons. The van der Waals surface area contributed by atoms with Crippen LogP contribution in [-0.4, -0.2) is 64.4 Å². The van der Waals surface area contributed by atoms with Crippen LogP contribution in [0.2, 0.25) is 5.02 Å². The van der Waals surface area contributed by atoms with Gasteiger partial charge in [-0.1, -0.05) is 11.6 Å². The van der Waals surface area contributed by atoms with Gasteiger partial charge in [0.1, 0.15) is 24.6 Å². The lowest BCUT2D eigenvalue weighted by Gasteiger charge is -2.16. The summed E-state index contributed by atoms with van der Waals surface area (Å²) in [6, 6.07) is 3.16. The minimum absolute atomic E-state index is 0.219. The van der Waals surface area contributed by atoms with Gasteiger partial charge in [-0.05, 0) is 12.1 Å². The van der Waals surface area contributed by atoms with Crippen molar-refractivity contribution in [3.05, 3.63) is 35.4 Å². The molecule has 16 heteroatoms. The standard InChI is InChI=1S/C17H21ClN7O7P/c18-7-1-9(19)8(10(20)2-7)3-21-15-12-16(23-5-22-15)25(6-24-12)17-14(27)13(26)11(32-17)4-31-33(28,29)30/h1-2,5-6,11,13-14,17,26-27H,3-4,19-20H2,(H,21,22,23)(H2,28,29,30)/t11-,13-,14-,17-/m1/s1. The van der Waals surface area contributed by atoms with E-state index < -0.39 is 39.0 Å². The zero-order chi connectivity index (χ0) is 23.9. The molecule has 9 N–H and O–H groups in total. The third kappa shape index (κ3) is 4.88. The fraction of sp³-hybridized carbons (Fsp3) is 0.353. The van der Waals surface area contributed by atoms with Crippen molar-refractivity contribution >= 4 is 47.8 Å². The Morgan fingerprint density at radius 2 is 1.88 bits per heavy atom. The second-order valence-electron chi connectivity index (χ2n) is 7.30. The fourth-order valence-corrected chi connectivity index (χ4v) is 4.07. The predicted octanol–water partition coefficient (Wildman–Crippen LogP) is -0.0153. The van der Waals surface area contributed by atoms with Crippen molar-refractivity contribution in [2.24, 2.45) is 0 Å². The lowest BCUT2D eigenvalue weighted by Crippen LogP contribution is -2.33. The normalized spacial score (nSPS) is 23.3. The second kappa shape index (κ2) is 9.00. The summed E-state index contributed by atoms with van der Waals surface area (Å²) in [6.45, 7) is -0.409. The number of anilines is 3. The molecule has 0 aliphatic carbocycles. The van der Waals surface area contributed by atoms with Gasteiger partial charge in [0.05, 0.1) is 12.9 Å². The zero-order valence-electron chi connectivity index (χ0n) is 16.8. The highest BCUT2D eigenvalue weighted by molar-refractivity contribution is 7.46. The number of aromatic nitrogens is 4. The molecule has 0 spiro atoms. The van der Waals surface area contributed by atoms with Gasteiger partial charge in [-0.25, -0.2) is 19.5 Å². The number of rotatable bonds is 7. The number of fused-ring (bicyclic) bond motifs is 1. The molecular formula is C17H21ClN7O7P. The molecule has 1 fully saturated rings. The van der Waals surface area contributed by atoms with Gasteiger partial charge in [0.25, 0.3) is 0 Å². The molecule has 33 heavy (non-hydrogen) atoms. The van der Waals surface area contributed by atoms with Crippen LogP contribution in [0.25, 0.3) is 11.2 Å². The number of nitrogens with two attached hydrogens (primary N) is 2. The maximum atomic E-state index is 10.9. The number of nitrogen functional groups attached to an aromatic ring is 2. The lowest BCUT2D eigenvalue weighted by molar-refractivity contribution is -0.0504. The number of phosphoric acid groups is 1. The molecule has 1 aliphatic heterocycles. The molecule has 0 bridgehead atoms. The minimum atomic E-state index is -4.78. The summed E-state index contributed by atoms with van der Waals surface area (Å²) >= 11 is 5.95. The largest absolute Gasteiger partial charge is 0.469 e. The first-order valence-corrected chi connectivity index (χ1v) is 11.4. The van der Waals surface area contributed by atoms with Gasteiger partial charge in [-0.3, -0.25) is 9.09 Å². The van der Waals surface area contributed by atoms with E-state index in [-0.39, 0.29) is 12.2 Å². The van der Waals surface area contributed by atoms with Crippen LogP contribution in [0, 0.1) is 0 Å². The van der Waals surface area contributed by atoms with E-state index in [0.717, 1.165) is 0 Å². The van der Waals surface area contributed by atoms with Crippen molar-refractivity contribution in [1.82, 2.24) is 19.5 Å². The van der Waals surface area contributed by atoms with E-state index in [1.165, 1.54) is 17.2 Å². The maximum absolute atomic E-state index is 10.9. The van der Waals surface area contributed by atoms with Crippen molar-refractivity contribution in [2.45, 2.75) is 31.1 Å². The van der Waals surface area contributed by atoms with Crippen molar-refractivity contribution in [1.29, 1.82) is 0 Å². The summed E-state index contributed by atoms with van der Waals surface area (Å²) in [6.07, 6.45) is -2.63. The number of hydrogen-bond donors (Lipinski definition) is 7. The number of benzene rings is 1. The van der Waals surface area contributed by atoms with E-state index in [2.05, 4.69) is 24.8 Å². The summed E-state index contributed by atoms with van der Waals surface area (Å²) in [5.74, 6) is 0.349. The van der Waals surface area contributed by atoms with E-state index in [1.54, 1.807) is 12.1 Å². The topological polar surface area (TPSA) is 224 Å². The predicted molar refractivity (Wildman–Crippen MR) is 117 cm³/mol. The summed E-state index contributed by atoms with van der Waals surface area (Å²) < 4.78 is 22.3. The number of hydrogen-bond acceptors (Lipinski definition) is 11. The molecular weight excluding hydrogens is 481 g/mol. The Morgan fingerprint density at radius 3 is 2.55 bits per heavy atom. The first-order chi connectivity index (χ1) is 15.5. The Hall–Kier alpha value is -2.55. The lowest BCUT2D eigenvalue weighted by atomic mass is 10.1. The first-order valence-electron chi connectivity index (χ1n) is 9.51. The van der Waals surface area contributed by atoms with Crippen LogP contribution in [0.1, 0.15) is 11.8 Å². The molecule has 4 atom stereocenters. The molecule has 1 saturated heterocycles. The van der Waals surface area contributed by atoms with Crippen LogP contribution in [-0.2, 0) is 20.4 Å². The smallest absolute Gasteiger partial charge is 0.398 e. The quantitative estimate of drug-likeness (QED) is 0.167. The highest BCUT2D eigenvalue weighted by atomic mass is 35.5. The Kier molecular flexibility index (Phi) is 6.44. The summed E-state index contributed by atoms with van der Waals surface area (Å²) in [4.78, 5) is 30.3. The Bertz CT molecular complexity index is 1200. The average Bonchev–Trinajstić information content (AvgIpc) is 3.27. The van der Waals surface area contributed by atoms with Crippen LogP contribution in [0.15, 0.2) is 24.8 Å². The molecule has 0 radical (unpaired) electrons. The molecule has 4 rings (SSSR count). The number of ether oxygens (including phenoxy) is 1.